The molecule has 0 radical (unpaired) electrons. The van der Waals surface area contributed by atoms with Gasteiger partial charge in [-0.05, 0) is 37.5 Å². The molecule has 3 nitrogen and oxygen atoms in total. The predicted octanol–water partition coefficient (Wildman–Crippen LogP) is 3.48. The van der Waals surface area contributed by atoms with Gasteiger partial charge in [0.2, 0.25) is 5.95 Å². The first-order valence-corrected chi connectivity index (χ1v) is 6.92. The molecule has 0 saturated heterocycles. The normalized spacial score (nSPS) is 11.1. The standard InChI is InChI=1S/C17H19N3/c1-12-5-3-7-14(11-12)9-10-20-15-8-4-6-13(2)16(15)19-17(20)18/h3-8,11H,9-10H2,1-2H3,(H2,18,19). The van der Waals surface area contributed by atoms with Crippen molar-refractivity contribution >= 4 is 17.0 Å². The molecule has 20 heavy (non-hydrogen) atoms. The molecule has 0 aliphatic rings. The molecule has 1 aromatic heterocycles. The van der Waals surface area contributed by atoms with E-state index >= 15 is 0 Å². The molecule has 3 heteroatoms. The maximum atomic E-state index is 6.07. The molecule has 0 saturated carbocycles. The second kappa shape index (κ2) is 5.00. The number of nitrogen functional groups attached to an aromatic ring is 1. The number of para-hydroxylation sites is 1. The fourth-order valence-electron chi connectivity index (χ4n) is 2.65. The van der Waals surface area contributed by atoms with Crippen molar-refractivity contribution in [3.8, 4) is 0 Å². The Morgan fingerprint density at radius 3 is 2.70 bits per heavy atom. The van der Waals surface area contributed by atoms with Crippen molar-refractivity contribution in [3.05, 3.63) is 59.2 Å². The molecule has 0 unspecified atom stereocenters. The molecule has 2 aromatic carbocycles. The van der Waals surface area contributed by atoms with E-state index in [1.165, 1.54) is 16.7 Å². The molecule has 2 N–H and O–H groups in total. The van der Waals surface area contributed by atoms with Crippen LogP contribution < -0.4 is 5.73 Å². The number of nitrogens with zero attached hydrogens (tertiary/aromatic N) is 2. The van der Waals surface area contributed by atoms with Gasteiger partial charge in [0.05, 0.1) is 11.0 Å². The number of rotatable bonds is 3. The maximum absolute atomic E-state index is 6.07. The van der Waals surface area contributed by atoms with E-state index in [0.717, 1.165) is 24.0 Å². The molecular weight excluding hydrogens is 246 g/mol. The third kappa shape index (κ3) is 2.27. The Labute approximate surface area is 119 Å². The van der Waals surface area contributed by atoms with Crippen molar-refractivity contribution < 1.29 is 0 Å². The van der Waals surface area contributed by atoms with Crippen LogP contribution >= 0.6 is 0 Å². The molecule has 0 bridgehead atoms. The van der Waals surface area contributed by atoms with Gasteiger partial charge in [-0.1, -0.05) is 42.0 Å². The summed E-state index contributed by atoms with van der Waals surface area (Å²) in [6.45, 7) is 5.04. The zero-order valence-corrected chi connectivity index (χ0v) is 11.9. The number of anilines is 1. The van der Waals surface area contributed by atoms with Crippen LogP contribution in [-0.4, -0.2) is 9.55 Å². The van der Waals surface area contributed by atoms with Crippen LogP contribution in [0.25, 0.3) is 11.0 Å². The molecule has 1 heterocycles. The minimum Gasteiger partial charge on any atom is -0.369 e. The molecular formula is C17H19N3. The number of fused-ring (bicyclic) bond motifs is 1. The molecule has 0 fully saturated rings. The van der Waals surface area contributed by atoms with Gasteiger partial charge in [-0.2, -0.15) is 0 Å². The van der Waals surface area contributed by atoms with Crippen LogP contribution in [-0.2, 0) is 13.0 Å². The fraction of sp³-hybridized carbons (Fsp3) is 0.235. The van der Waals surface area contributed by atoms with Gasteiger partial charge >= 0.3 is 0 Å². The van der Waals surface area contributed by atoms with E-state index in [2.05, 4.69) is 65.9 Å². The Balaban J connectivity index is 1.91. The fourth-order valence-corrected chi connectivity index (χ4v) is 2.65. The highest BCUT2D eigenvalue weighted by Gasteiger charge is 2.09. The molecule has 3 rings (SSSR count). The lowest BCUT2D eigenvalue weighted by molar-refractivity contribution is 0.725. The molecule has 102 valence electrons. The lowest BCUT2D eigenvalue weighted by Gasteiger charge is -2.07. The van der Waals surface area contributed by atoms with Crippen LogP contribution in [0.15, 0.2) is 42.5 Å². The minimum absolute atomic E-state index is 0.599. The number of imidazole rings is 1. The van der Waals surface area contributed by atoms with Gasteiger partial charge < -0.3 is 10.3 Å². The van der Waals surface area contributed by atoms with Gasteiger partial charge in [-0.25, -0.2) is 4.98 Å². The number of benzene rings is 2. The van der Waals surface area contributed by atoms with E-state index in [4.69, 9.17) is 5.73 Å². The van der Waals surface area contributed by atoms with Gasteiger partial charge in [0.25, 0.3) is 0 Å². The average Bonchev–Trinajstić information content (AvgIpc) is 2.74. The third-order valence-electron chi connectivity index (χ3n) is 3.72. The highest BCUT2D eigenvalue weighted by molar-refractivity contribution is 5.81. The van der Waals surface area contributed by atoms with Gasteiger partial charge in [0.15, 0.2) is 0 Å². The van der Waals surface area contributed by atoms with E-state index in [1.54, 1.807) is 0 Å². The number of aryl methyl sites for hydroxylation is 4. The first-order valence-electron chi connectivity index (χ1n) is 6.92. The van der Waals surface area contributed by atoms with E-state index in [9.17, 15) is 0 Å². The van der Waals surface area contributed by atoms with Crippen molar-refractivity contribution in [2.45, 2.75) is 26.8 Å². The van der Waals surface area contributed by atoms with Crippen molar-refractivity contribution in [1.82, 2.24) is 9.55 Å². The van der Waals surface area contributed by atoms with E-state index in [-0.39, 0.29) is 0 Å². The highest BCUT2D eigenvalue weighted by Crippen LogP contribution is 2.21. The Kier molecular flexibility index (Phi) is 3.18. The monoisotopic (exact) mass is 265 g/mol. The lowest BCUT2D eigenvalue weighted by atomic mass is 10.1. The molecule has 0 aliphatic heterocycles. The SMILES string of the molecule is Cc1cccc(CCn2c(N)nc3c(C)cccc32)c1. The zero-order chi connectivity index (χ0) is 14.1. The first-order chi connectivity index (χ1) is 9.65. The molecule has 0 aliphatic carbocycles. The van der Waals surface area contributed by atoms with Gasteiger partial charge in [0.1, 0.15) is 0 Å². The van der Waals surface area contributed by atoms with E-state index in [0.29, 0.717) is 5.95 Å². The van der Waals surface area contributed by atoms with Crippen molar-refractivity contribution in [3.63, 3.8) is 0 Å². The number of hydrogen-bond donors (Lipinski definition) is 1. The van der Waals surface area contributed by atoms with Crippen molar-refractivity contribution in [2.24, 2.45) is 0 Å². The Hall–Kier alpha value is -2.29. The summed E-state index contributed by atoms with van der Waals surface area (Å²) in [4.78, 5) is 4.48. The van der Waals surface area contributed by atoms with Crippen LogP contribution in [0.2, 0.25) is 0 Å². The van der Waals surface area contributed by atoms with Crippen molar-refractivity contribution in [2.75, 3.05) is 5.73 Å². The summed E-state index contributed by atoms with van der Waals surface area (Å²) in [5.74, 6) is 0.599. The maximum Gasteiger partial charge on any atom is 0.201 e. The van der Waals surface area contributed by atoms with E-state index < -0.39 is 0 Å². The average molecular weight is 265 g/mol. The summed E-state index contributed by atoms with van der Waals surface area (Å²) < 4.78 is 2.10. The van der Waals surface area contributed by atoms with Gasteiger partial charge in [0, 0.05) is 6.54 Å². The van der Waals surface area contributed by atoms with Crippen LogP contribution in [0.5, 0.6) is 0 Å². The Morgan fingerprint density at radius 2 is 1.90 bits per heavy atom. The molecule has 0 atom stereocenters. The largest absolute Gasteiger partial charge is 0.369 e. The Morgan fingerprint density at radius 1 is 1.10 bits per heavy atom. The molecule has 3 aromatic rings. The number of aromatic nitrogens is 2. The van der Waals surface area contributed by atoms with Crippen LogP contribution in [0.3, 0.4) is 0 Å². The number of nitrogens with two attached hydrogens (primary N) is 1. The van der Waals surface area contributed by atoms with Gasteiger partial charge in [-0.15, -0.1) is 0 Å². The van der Waals surface area contributed by atoms with E-state index in [1.807, 2.05) is 0 Å². The highest BCUT2D eigenvalue weighted by atomic mass is 15.1. The summed E-state index contributed by atoms with van der Waals surface area (Å²) in [7, 11) is 0. The topological polar surface area (TPSA) is 43.8 Å². The second-order valence-electron chi connectivity index (χ2n) is 5.30. The number of hydrogen-bond acceptors (Lipinski definition) is 2. The predicted molar refractivity (Wildman–Crippen MR) is 83.8 cm³/mol. The summed E-state index contributed by atoms with van der Waals surface area (Å²) in [5.41, 5.74) is 12.0. The summed E-state index contributed by atoms with van der Waals surface area (Å²) in [6, 6.07) is 14.8. The first kappa shape index (κ1) is 12.7. The smallest absolute Gasteiger partial charge is 0.201 e. The summed E-state index contributed by atoms with van der Waals surface area (Å²) in [6.07, 6.45) is 0.964. The second-order valence-corrected chi connectivity index (χ2v) is 5.30. The lowest BCUT2D eigenvalue weighted by Crippen LogP contribution is -2.05. The van der Waals surface area contributed by atoms with Crippen molar-refractivity contribution in [1.29, 1.82) is 0 Å². The van der Waals surface area contributed by atoms with Crippen LogP contribution in [0, 0.1) is 13.8 Å². The summed E-state index contributed by atoms with van der Waals surface area (Å²) >= 11 is 0. The van der Waals surface area contributed by atoms with Crippen LogP contribution in [0.4, 0.5) is 5.95 Å². The van der Waals surface area contributed by atoms with Gasteiger partial charge in [-0.3, -0.25) is 0 Å². The van der Waals surface area contributed by atoms with Crippen LogP contribution in [0.1, 0.15) is 16.7 Å². The molecule has 0 spiro atoms. The summed E-state index contributed by atoms with van der Waals surface area (Å²) in [5, 5.41) is 0. The zero-order valence-electron chi connectivity index (χ0n) is 11.9. The minimum atomic E-state index is 0.599. The molecule has 0 amide bonds. The quantitative estimate of drug-likeness (QED) is 0.788. The third-order valence-corrected chi connectivity index (χ3v) is 3.72. The Bertz CT molecular complexity index is 756.